The molecule has 3 unspecified atom stereocenters. The summed E-state index contributed by atoms with van der Waals surface area (Å²) < 4.78 is 6.58. The van der Waals surface area contributed by atoms with Gasteiger partial charge in [-0.1, -0.05) is 0 Å². The summed E-state index contributed by atoms with van der Waals surface area (Å²) in [4.78, 5) is 0. The van der Waals surface area contributed by atoms with Crippen LogP contribution in [0.5, 0.6) is 0 Å². The fraction of sp³-hybridized carbons (Fsp3) is 0.349. The van der Waals surface area contributed by atoms with E-state index in [9.17, 15) is 0 Å². The number of rotatable bonds is 8. The molecule has 4 heteroatoms. The monoisotopic (exact) mass is 758 g/mol. The zero-order chi connectivity index (χ0) is 32.3. The van der Waals surface area contributed by atoms with Gasteiger partial charge in [0, 0.05) is 0 Å². The van der Waals surface area contributed by atoms with Crippen LogP contribution in [0.4, 0.5) is 0 Å². The summed E-state index contributed by atoms with van der Waals surface area (Å²) >= 11 is -3.65. The molecule has 0 amide bonds. The fourth-order valence-corrected chi connectivity index (χ4v) is 29.3. The fourth-order valence-electron chi connectivity index (χ4n) is 8.74. The minimum atomic E-state index is -3.65. The number of allylic oxidation sites excluding steroid dienone is 2. The molecule has 0 bridgehead atoms. The molecule has 4 aromatic carbocycles. The van der Waals surface area contributed by atoms with Gasteiger partial charge in [0.15, 0.2) is 0 Å². The maximum atomic E-state index is 2.77. The first-order valence-corrected chi connectivity index (χ1v) is 30.9. The summed E-state index contributed by atoms with van der Waals surface area (Å²) in [6, 6.07) is 33.0. The minimum Gasteiger partial charge on any atom is -0.147 e. The van der Waals surface area contributed by atoms with Crippen LogP contribution in [0.2, 0.25) is 9.26 Å². The molecular formula is C43H54Cl2SiZr. The Morgan fingerprint density at radius 1 is 0.617 bits per heavy atom. The summed E-state index contributed by atoms with van der Waals surface area (Å²) in [6.07, 6.45) is 6.33. The van der Waals surface area contributed by atoms with Gasteiger partial charge < -0.3 is 0 Å². The predicted molar refractivity (Wildman–Crippen MR) is 213 cm³/mol. The molecule has 0 aromatic heterocycles. The third-order valence-corrected chi connectivity index (χ3v) is 28.8. The number of halogens is 2. The molecule has 4 aromatic rings. The van der Waals surface area contributed by atoms with Crippen LogP contribution in [0.1, 0.15) is 107 Å². The summed E-state index contributed by atoms with van der Waals surface area (Å²) in [6.45, 7) is 18.9. The molecule has 0 heterocycles. The Morgan fingerprint density at radius 3 is 1.55 bits per heavy atom. The third-order valence-electron chi connectivity index (χ3n) is 11.2. The van der Waals surface area contributed by atoms with E-state index < -0.39 is 17.4 Å². The Labute approximate surface area is 299 Å². The zero-order valence-electron chi connectivity index (χ0n) is 29.9. The molecule has 0 nitrogen and oxygen atoms in total. The van der Waals surface area contributed by atoms with E-state index in [1.165, 1.54) is 50.9 Å². The second kappa shape index (κ2) is 14.1. The summed E-state index contributed by atoms with van der Waals surface area (Å²) in [5, 5.41) is 0. The second-order valence-corrected chi connectivity index (χ2v) is 46.3. The first-order chi connectivity index (χ1) is 21.3. The molecule has 2 aliphatic rings. The first-order valence-electron chi connectivity index (χ1n) is 17.2. The number of hydrogen-bond acceptors (Lipinski definition) is 0. The number of hydrogen-bond donors (Lipinski definition) is 0. The molecule has 0 aliphatic heterocycles. The van der Waals surface area contributed by atoms with Crippen molar-refractivity contribution in [2.75, 3.05) is 0 Å². The van der Waals surface area contributed by atoms with Crippen molar-refractivity contribution >= 4 is 43.8 Å². The quantitative estimate of drug-likeness (QED) is 0.157. The predicted octanol–water partition coefficient (Wildman–Crippen LogP) is 13.1. The molecule has 3 atom stereocenters. The molecule has 0 saturated heterocycles. The average Bonchev–Trinajstić information content (AvgIpc) is 3.60. The molecule has 47 heavy (non-hydrogen) atoms. The first kappa shape index (κ1) is 37.9. The minimum absolute atomic E-state index is 0. The molecular weight excluding hydrogens is 707 g/mol. The molecule has 0 saturated carbocycles. The van der Waals surface area contributed by atoms with Gasteiger partial charge >= 0.3 is 277 Å². The topological polar surface area (TPSA) is 0 Å². The van der Waals surface area contributed by atoms with Crippen LogP contribution >= 0.6 is 24.8 Å². The van der Waals surface area contributed by atoms with E-state index in [-0.39, 0.29) is 24.8 Å². The van der Waals surface area contributed by atoms with Crippen LogP contribution in [-0.4, -0.2) is 6.88 Å². The van der Waals surface area contributed by atoms with Crippen molar-refractivity contribution in [3.8, 4) is 22.3 Å². The van der Waals surface area contributed by atoms with Gasteiger partial charge in [0.25, 0.3) is 0 Å². The smallest absolute Gasteiger partial charge is 0.147 e. The van der Waals surface area contributed by atoms with Gasteiger partial charge in [0.1, 0.15) is 0 Å². The molecule has 0 fully saturated rings. The maximum absolute atomic E-state index is 3.65. The van der Waals surface area contributed by atoms with Crippen LogP contribution < -0.4 is 0 Å². The molecule has 0 radical (unpaired) electrons. The summed E-state index contributed by atoms with van der Waals surface area (Å²) in [5.41, 5.74) is 17.6. The van der Waals surface area contributed by atoms with Crippen molar-refractivity contribution in [1.29, 1.82) is 0 Å². The van der Waals surface area contributed by atoms with Crippen molar-refractivity contribution in [2.24, 2.45) is 5.92 Å². The molecule has 2 aliphatic carbocycles. The number of fused-ring (bicyclic) bond motifs is 2. The Kier molecular flexibility index (Phi) is 11.4. The van der Waals surface area contributed by atoms with Crippen LogP contribution in [0.3, 0.4) is 0 Å². The third kappa shape index (κ3) is 6.67. The molecule has 0 N–H and O–H groups in total. The SMILES string of the molecule is CCC(C)c1ccc(-c2cccc3c2C=C(C)[CH]3[Zr]([CH3])([CH3])(=[SiH2])[CH]2C(C(C)C)=Cc3c(-c4ccc(C(C)C)cc4)cccc32)cc1.Cl.Cl. The van der Waals surface area contributed by atoms with Crippen molar-refractivity contribution in [2.45, 2.75) is 83.2 Å². The normalized spacial score (nSPS) is 17.8. The number of benzene rings is 4. The van der Waals surface area contributed by atoms with Crippen LogP contribution in [0.25, 0.3) is 34.4 Å². The van der Waals surface area contributed by atoms with Crippen molar-refractivity contribution in [1.82, 2.24) is 0 Å². The Morgan fingerprint density at radius 2 is 1.09 bits per heavy atom. The van der Waals surface area contributed by atoms with Crippen LogP contribution in [0, 0.1) is 5.92 Å². The Bertz CT molecular complexity index is 1890. The molecule has 6 rings (SSSR count). The van der Waals surface area contributed by atoms with Gasteiger partial charge in [-0.25, -0.2) is 0 Å². The largest absolute Gasteiger partial charge is 0.147 e. The molecule has 0 spiro atoms. The van der Waals surface area contributed by atoms with E-state index in [1.807, 2.05) is 0 Å². The molecule has 248 valence electrons. The Hall–Kier alpha value is -1.96. The van der Waals surface area contributed by atoms with E-state index in [0.717, 1.165) is 0 Å². The van der Waals surface area contributed by atoms with Crippen molar-refractivity contribution < 1.29 is 17.4 Å². The second-order valence-electron chi connectivity index (χ2n) is 15.8. The van der Waals surface area contributed by atoms with E-state index >= 15 is 0 Å². The maximum Gasteiger partial charge on any atom is -0.147 e. The summed E-state index contributed by atoms with van der Waals surface area (Å²) in [7, 11) is 0. The van der Waals surface area contributed by atoms with E-state index in [0.29, 0.717) is 25.0 Å². The van der Waals surface area contributed by atoms with E-state index in [2.05, 4.69) is 162 Å². The van der Waals surface area contributed by atoms with Gasteiger partial charge in [0.05, 0.1) is 0 Å². The standard InChI is InChI=1S/C21H23.C20H21.2CH3.2ClH.H2Si.Zr/c1-14(2)16-8-10-17(11-9-16)20-7-5-6-18-12-19(15(3)4)13-21(18)20;1-4-15(3)16-8-10-17(11-9-16)19-7-5-6-18-12-14(2)13-20(18)19;;;;;;/h5-15H,1-4H3;5-13,15H,4H2,1-3H3;2*1H3;2*1H;1H2;. The van der Waals surface area contributed by atoms with Crippen LogP contribution in [-0.2, 0) is 17.4 Å². The van der Waals surface area contributed by atoms with E-state index in [1.54, 1.807) is 22.3 Å². The van der Waals surface area contributed by atoms with Crippen molar-refractivity contribution in [3.63, 3.8) is 0 Å². The van der Waals surface area contributed by atoms with Crippen molar-refractivity contribution in [3.05, 3.63) is 129 Å². The van der Waals surface area contributed by atoms with E-state index in [4.69, 9.17) is 0 Å². The average molecular weight is 761 g/mol. The van der Waals surface area contributed by atoms with Gasteiger partial charge in [-0.15, -0.1) is 24.8 Å². The zero-order valence-corrected chi connectivity index (χ0v) is 35.4. The Balaban J connectivity index is 0.00000250. The van der Waals surface area contributed by atoms with Gasteiger partial charge in [-0.05, 0) is 0 Å². The van der Waals surface area contributed by atoms with Crippen LogP contribution in [0.15, 0.2) is 96.1 Å². The summed E-state index contributed by atoms with van der Waals surface area (Å²) in [5.74, 6) is 1.65. The van der Waals surface area contributed by atoms with Gasteiger partial charge in [-0.2, -0.15) is 0 Å². The van der Waals surface area contributed by atoms with Gasteiger partial charge in [-0.3, -0.25) is 0 Å². The van der Waals surface area contributed by atoms with Gasteiger partial charge in [0.2, 0.25) is 0 Å².